The fourth-order valence-corrected chi connectivity index (χ4v) is 3.27. The number of hydrogen-bond acceptors (Lipinski definition) is 4. The van der Waals surface area contributed by atoms with Gasteiger partial charge in [-0.1, -0.05) is 30.3 Å². The van der Waals surface area contributed by atoms with Crippen LogP contribution in [0.3, 0.4) is 0 Å². The van der Waals surface area contributed by atoms with E-state index in [2.05, 4.69) is 10.3 Å². The third kappa shape index (κ3) is 4.87. The first kappa shape index (κ1) is 17.1. The van der Waals surface area contributed by atoms with Gasteiger partial charge in [0.2, 0.25) is 0 Å². The number of thiazole rings is 1. The number of amides is 1. The lowest BCUT2D eigenvalue weighted by atomic mass is 10.1. The van der Waals surface area contributed by atoms with Crippen LogP contribution in [0.25, 0.3) is 0 Å². The van der Waals surface area contributed by atoms with Crippen LogP contribution in [-0.2, 0) is 11.2 Å². The summed E-state index contributed by atoms with van der Waals surface area (Å²) < 4.78 is 18.4. The molecule has 0 aliphatic rings. The van der Waals surface area contributed by atoms with Crippen molar-refractivity contribution in [1.29, 1.82) is 0 Å². The number of benzene rings is 2. The van der Waals surface area contributed by atoms with E-state index in [1.54, 1.807) is 24.3 Å². The maximum Gasteiger partial charge on any atom is 0.264 e. The summed E-state index contributed by atoms with van der Waals surface area (Å²) in [6.07, 6.45) is 0.653. The van der Waals surface area contributed by atoms with E-state index in [1.807, 2.05) is 25.1 Å². The summed E-state index contributed by atoms with van der Waals surface area (Å²) in [7, 11) is 0. The minimum absolute atomic E-state index is 0.0735. The Bertz CT molecular complexity index is 848. The van der Waals surface area contributed by atoms with Crippen LogP contribution < -0.4 is 10.1 Å². The second-order valence-electron chi connectivity index (χ2n) is 5.48. The second-order valence-corrected chi connectivity index (χ2v) is 6.56. The van der Waals surface area contributed by atoms with Crippen molar-refractivity contribution in [1.82, 2.24) is 4.98 Å². The van der Waals surface area contributed by atoms with E-state index in [-0.39, 0.29) is 18.3 Å². The van der Waals surface area contributed by atoms with Gasteiger partial charge in [-0.3, -0.25) is 10.1 Å². The summed E-state index contributed by atoms with van der Waals surface area (Å²) in [5, 5.41) is 3.29. The van der Waals surface area contributed by atoms with Gasteiger partial charge in [0, 0.05) is 11.3 Å². The predicted molar refractivity (Wildman–Crippen MR) is 96.6 cm³/mol. The van der Waals surface area contributed by atoms with Crippen LogP contribution in [0.5, 0.6) is 5.75 Å². The number of para-hydroxylation sites is 1. The molecule has 25 heavy (non-hydrogen) atoms. The van der Waals surface area contributed by atoms with Crippen molar-refractivity contribution in [2.75, 3.05) is 11.9 Å². The van der Waals surface area contributed by atoms with E-state index in [9.17, 15) is 9.18 Å². The van der Waals surface area contributed by atoms with E-state index in [4.69, 9.17) is 4.74 Å². The molecule has 0 bridgehead atoms. The molecule has 0 unspecified atom stereocenters. The Morgan fingerprint density at radius 1 is 1.16 bits per heavy atom. The third-order valence-corrected chi connectivity index (χ3v) is 4.60. The molecule has 0 radical (unpaired) electrons. The molecule has 0 spiro atoms. The van der Waals surface area contributed by atoms with Crippen LogP contribution in [0.15, 0.2) is 54.6 Å². The highest BCUT2D eigenvalue weighted by Crippen LogP contribution is 2.25. The maximum absolute atomic E-state index is 13.0. The molecule has 128 valence electrons. The zero-order chi connectivity index (χ0) is 17.6. The number of halogens is 1. The molecule has 0 aliphatic heterocycles. The number of hydrogen-bond donors (Lipinski definition) is 1. The molecule has 0 atom stereocenters. The molecule has 2 aromatic carbocycles. The highest BCUT2D eigenvalue weighted by Gasteiger charge is 2.11. The molecule has 3 aromatic rings. The number of aromatic nitrogens is 1. The summed E-state index contributed by atoms with van der Waals surface area (Å²) in [5.74, 6) is 0.132. The van der Waals surface area contributed by atoms with E-state index in [0.29, 0.717) is 17.3 Å². The van der Waals surface area contributed by atoms with Crippen molar-refractivity contribution in [3.05, 3.63) is 76.5 Å². The largest absolute Gasteiger partial charge is 0.484 e. The van der Waals surface area contributed by atoms with E-state index < -0.39 is 0 Å². The number of anilines is 1. The van der Waals surface area contributed by atoms with E-state index in [0.717, 1.165) is 16.1 Å². The molecule has 0 aliphatic carbocycles. The highest BCUT2D eigenvalue weighted by atomic mass is 32.1. The Labute approximate surface area is 149 Å². The first-order valence-corrected chi connectivity index (χ1v) is 8.60. The average Bonchev–Trinajstić information content (AvgIpc) is 2.95. The van der Waals surface area contributed by atoms with Gasteiger partial charge in [-0.25, -0.2) is 9.37 Å². The average molecular weight is 356 g/mol. The van der Waals surface area contributed by atoms with Gasteiger partial charge in [-0.15, -0.1) is 11.3 Å². The first-order valence-electron chi connectivity index (χ1n) is 7.78. The van der Waals surface area contributed by atoms with Crippen molar-refractivity contribution in [3.63, 3.8) is 0 Å². The lowest BCUT2D eigenvalue weighted by Crippen LogP contribution is -2.20. The molecular formula is C19H17FN2O2S. The Kier molecular flexibility index (Phi) is 5.40. The predicted octanol–water partition coefficient (Wildman–Crippen LogP) is 4.20. The summed E-state index contributed by atoms with van der Waals surface area (Å²) in [6.45, 7) is 1.82. The van der Waals surface area contributed by atoms with Crippen LogP contribution in [-0.4, -0.2) is 17.5 Å². The standard InChI is InChI=1S/C19H17FN2O2S/c1-13-17(11-14-7-9-15(20)10-8-14)25-19(21-13)22-18(23)12-24-16-5-3-2-4-6-16/h2-10H,11-12H2,1H3,(H,21,22,23). The summed E-state index contributed by atoms with van der Waals surface area (Å²) in [5.41, 5.74) is 1.85. The van der Waals surface area contributed by atoms with Crippen LogP contribution >= 0.6 is 11.3 Å². The minimum Gasteiger partial charge on any atom is -0.484 e. The lowest BCUT2D eigenvalue weighted by molar-refractivity contribution is -0.118. The van der Waals surface area contributed by atoms with E-state index in [1.165, 1.54) is 23.5 Å². The Balaban J connectivity index is 1.58. The molecule has 1 heterocycles. The van der Waals surface area contributed by atoms with Gasteiger partial charge in [-0.05, 0) is 36.8 Å². The molecule has 0 saturated carbocycles. The number of ether oxygens (including phenoxy) is 1. The van der Waals surface area contributed by atoms with Crippen LogP contribution in [0.1, 0.15) is 16.1 Å². The van der Waals surface area contributed by atoms with Crippen LogP contribution in [0, 0.1) is 12.7 Å². The fourth-order valence-electron chi connectivity index (χ4n) is 2.25. The van der Waals surface area contributed by atoms with Gasteiger partial charge in [0.05, 0.1) is 5.69 Å². The number of nitrogens with zero attached hydrogens (tertiary/aromatic N) is 1. The number of carbonyl (C=O) groups excluding carboxylic acids is 1. The Morgan fingerprint density at radius 3 is 2.60 bits per heavy atom. The summed E-state index contributed by atoms with van der Waals surface area (Å²) in [4.78, 5) is 17.4. The normalized spacial score (nSPS) is 10.5. The van der Waals surface area contributed by atoms with Gasteiger partial charge in [0.25, 0.3) is 5.91 Å². The Morgan fingerprint density at radius 2 is 1.88 bits per heavy atom. The molecule has 1 aromatic heterocycles. The smallest absolute Gasteiger partial charge is 0.264 e. The fraction of sp³-hybridized carbons (Fsp3) is 0.158. The van der Waals surface area contributed by atoms with Crippen molar-refractivity contribution in [2.45, 2.75) is 13.3 Å². The second kappa shape index (κ2) is 7.90. The third-order valence-electron chi connectivity index (χ3n) is 3.53. The zero-order valence-electron chi connectivity index (χ0n) is 13.7. The minimum atomic E-state index is -0.258. The number of rotatable bonds is 6. The van der Waals surface area contributed by atoms with Gasteiger partial charge < -0.3 is 4.74 Å². The number of carbonyl (C=O) groups is 1. The molecule has 1 amide bonds. The molecular weight excluding hydrogens is 339 g/mol. The summed E-state index contributed by atoms with van der Waals surface area (Å²) in [6, 6.07) is 15.5. The van der Waals surface area contributed by atoms with Crippen molar-refractivity contribution < 1.29 is 13.9 Å². The van der Waals surface area contributed by atoms with Gasteiger partial charge >= 0.3 is 0 Å². The van der Waals surface area contributed by atoms with Gasteiger partial charge in [0.15, 0.2) is 11.7 Å². The molecule has 0 saturated heterocycles. The molecule has 4 nitrogen and oxygen atoms in total. The van der Waals surface area contributed by atoms with Crippen molar-refractivity contribution in [2.24, 2.45) is 0 Å². The number of aryl methyl sites for hydroxylation is 1. The monoisotopic (exact) mass is 356 g/mol. The quantitative estimate of drug-likeness (QED) is 0.720. The van der Waals surface area contributed by atoms with Gasteiger partial charge in [0.1, 0.15) is 11.6 Å². The summed E-state index contributed by atoms with van der Waals surface area (Å²) >= 11 is 1.42. The molecule has 6 heteroatoms. The maximum atomic E-state index is 13.0. The van der Waals surface area contributed by atoms with E-state index >= 15 is 0 Å². The SMILES string of the molecule is Cc1nc(NC(=O)COc2ccccc2)sc1Cc1ccc(F)cc1. The molecule has 0 fully saturated rings. The Hall–Kier alpha value is -2.73. The van der Waals surface area contributed by atoms with Crippen LogP contribution in [0.4, 0.5) is 9.52 Å². The highest BCUT2D eigenvalue weighted by molar-refractivity contribution is 7.15. The zero-order valence-corrected chi connectivity index (χ0v) is 14.5. The van der Waals surface area contributed by atoms with Crippen molar-refractivity contribution >= 4 is 22.4 Å². The first-order chi connectivity index (χ1) is 12.1. The van der Waals surface area contributed by atoms with Gasteiger partial charge in [-0.2, -0.15) is 0 Å². The molecule has 3 rings (SSSR count). The number of nitrogens with one attached hydrogen (secondary N) is 1. The van der Waals surface area contributed by atoms with Crippen molar-refractivity contribution in [3.8, 4) is 5.75 Å². The van der Waals surface area contributed by atoms with Crippen LogP contribution in [0.2, 0.25) is 0 Å². The topological polar surface area (TPSA) is 51.2 Å². The molecule has 1 N–H and O–H groups in total. The lowest BCUT2D eigenvalue weighted by Gasteiger charge is -2.05.